The van der Waals surface area contributed by atoms with E-state index in [2.05, 4.69) is 22.0 Å². The highest BCUT2D eigenvalue weighted by Gasteiger charge is 2.15. The van der Waals surface area contributed by atoms with Crippen molar-refractivity contribution in [1.29, 1.82) is 0 Å². The Hall–Kier alpha value is -2.07. The fourth-order valence-corrected chi connectivity index (χ4v) is 2.38. The Labute approximate surface area is 125 Å². The predicted octanol–water partition coefficient (Wildman–Crippen LogP) is 2.26. The van der Waals surface area contributed by atoms with Crippen LogP contribution < -0.4 is 5.32 Å². The first kappa shape index (κ1) is 15.3. The summed E-state index contributed by atoms with van der Waals surface area (Å²) in [6.45, 7) is 6.62. The molecule has 1 heterocycles. The number of nitrogens with zero attached hydrogens (tertiary/aromatic N) is 1. The van der Waals surface area contributed by atoms with Crippen molar-refractivity contribution in [2.45, 2.75) is 33.4 Å². The second kappa shape index (κ2) is 6.59. The van der Waals surface area contributed by atoms with Gasteiger partial charge in [0.25, 0.3) is 5.91 Å². The largest absolute Gasteiger partial charge is 0.392 e. The highest BCUT2D eigenvalue weighted by atomic mass is 16.3. The number of hydrogen-bond donors (Lipinski definition) is 2. The number of rotatable bonds is 5. The molecule has 0 radical (unpaired) electrons. The highest BCUT2D eigenvalue weighted by Crippen LogP contribution is 2.17. The minimum absolute atomic E-state index is 0.136. The number of aromatic nitrogens is 1. The van der Waals surface area contributed by atoms with E-state index in [4.69, 9.17) is 0 Å². The first-order chi connectivity index (χ1) is 9.99. The average Bonchev–Trinajstić information content (AvgIpc) is 2.74. The molecule has 2 N–H and O–H groups in total. The van der Waals surface area contributed by atoms with Crippen molar-refractivity contribution in [2.24, 2.45) is 0 Å². The van der Waals surface area contributed by atoms with Gasteiger partial charge in [0, 0.05) is 24.5 Å². The molecule has 2 rings (SSSR count). The van der Waals surface area contributed by atoms with E-state index < -0.39 is 6.10 Å². The SMILES string of the molecule is Cc1cc(C(=O)NCC(C)O)c(C)n1Cc1ccccc1. The number of benzene rings is 1. The molecule has 0 fully saturated rings. The predicted molar refractivity (Wildman–Crippen MR) is 83.5 cm³/mol. The Bertz CT molecular complexity index is 615. The molecule has 1 aromatic carbocycles. The van der Waals surface area contributed by atoms with E-state index in [1.165, 1.54) is 5.56 Å². The van der Waals surface area contributed by atoms with Crippen LogP contribution in [0, 0.1) is 13.8 Å². The van der Waals surface area contributed by atoms with Gasteiger partial charge in [-0.1, -0.05) is 30.3 Å². The lowest BCUT2D eigenvalue weighted by molar-refractivity contribution is 0.0923. The van der Waals surface area contributed by atoms with Gasteiger partial charge in [0.15, 0.2) is 0 Å². The third-order valence-corrected chi connectivity index (χ3v) is 3.56. The van der Waals surface area contributed by atoms with E-state index in [-0.39, 0.29) is 12.5 Å². The van der Waals surface area contributed by atoms with Gasteiger partial charge < -0.3 is 15.0 Å². The zero-order valence-corrected chi connectivity index (χ0v) is 12.8. The van der Waals surface area contributed by atoms with Gasteiger partial charge in [-0.05, 0) is 32.4 Å². The van der Waals surface area contributed by atoms with E-state index in [1.807, 2.05) is 38.1 Å². The lowest BCUT2D eigenvalue weighted by atomic mass is 10.2. The van der Waals surface area contributed by atoms with Crippen LogP contribution in [0.4, 0.5) is 0 Å². The molecule has 0 aliphatic heterocycles. The summed E-state index contributed by atoms with van der Waals surface area (Å²) in [7, 11) is 0. The van der Waals surface area contributed by atoms with Crippen LogP contribution >= 0.6 is 0 Å². The second-order valence-electron chi connectivity index (χ2n) is 5.42. The van der Waals surface area contributed by atoms with Crippen LogP contribution in [0.2, 0.25) is 0 Å². The number of aliphatic hydroxyl groups is 1. The number of carbonyl (C=O) groups is 1. The minimum atomic E-state index is -0.540. The van der Waals surface area contributed by atoms with Crippen LogP contribution in [0.3, 0.4) is 0 Å². The van der Waals surface area contributed by atoms with E-state index in [0.29, 0.717) is 5.56 Å². The molecule has 4 nitrogen and oxygen atoms in total. The zero-order chi connectivity index (χ0) is 15.4. The van der Waals surface area contributed by atoms with Crippen molar-refractivity contribution in [2.75, 3.05) is 6.54 Å². The molecule has 0 bridgehead atoms. The molecule has 1 unspecified atom stereocenters. The van der Waals surface area contributed by atoms with E-state index in [0.717, 1.165) is 17.9 Å². The number of carbonyl (C=O) groups excluding carboxylic acids is 1. The standard InChI is InChI=1S/C17H22N2O2/c1-12-9-16(17(21)18-10-13(2)20)14(3)19(12)11-15-7-5-4-6-8-15/h4-9,13,20H,10-11H2,1-3H3,(H,18,21). The number of amides is 1. The smallest absolute Gasteiger partial charge is 0.253 e. The van der Waals surface area contributed by atoms with Gasteiger partial charge in [0.2, 0.25) is 0 Å². The first-order valence-corrected chi connectivity index (χ1v) is 7.16. The number of nitrogens with one attached hydrogen (secondary N) is 1. The summed E-state index contributed by atoms with van der Waals surface area (Å²) in [6.07, 6.45) is -0.540. The molecule has 0 aliphatic carbocycles. The van der Waals surface area contributed by atoms with Crippen LogP contribution in [-0.4, -0.2) is 28.2 Å². The Morgan fingerprint density at radius 2 is 1.95 bits per heavy atom. The number of hydrogen-bond acceptors (Lipinski definition) is 2. The third-order valence-electron chi connectivity index (χ3n) is 3.56. The summed E-state index contributed by atoms with van der Waals surface area (Å²) >= 11 is 0. The maximum Gasteiger partial charge on any atom is 0.253 e. The van der Waals surface area contributed by atoms with Crippen LogP contribution in [-0.2, 0) is 6.54 Å². The zero-order valence-electron chi connectivity index (χ0n) is 12.8. The first-order valence-electron chi connectivity index (χ1n) is 7.16. The third kappa shape index (κ3) is 3.73. The van der Waals surface area contributed by atoms with Crippen LogP contribution in [0.15, 0.2) is 36.4 Å². The number of aryl methyl sites for hydroxylation is 1. The molecule has 2 aromatic rings. The Kier molecular flexibility index (Phi) is 4.81. The lowest BCUT2D eigenvalue weighted by Gasteiger charge is -2.10. The van der Waals surface area contributed by atoms with Crippen molar-refractivity contribution in [3.05, 3.63) is 58.9 Å². The lowest BCUT2D eigenvalue weighted by Crippen LogP contribution is -2.30. The number of aliphatic hydroxyl groups excluding tert-OH is 1. The van der Waals surface area contributed by atoms with Gasteiger partial charge in [-0.2, -0.15) is 0 Å². The van der Waals surface area contributed by atoms with E-state index in [1.54, 1.807) is 6.92 Å². The molecule has 112 valence electrons. The Morgan fingerprint density at radius 1 is 1.29 bits per heavy atom. The van der Waals surface area contributed by atoms with Crippen molar-refractivity contribution >= 4 is 5.91 Å². The molecule has 1 amide bonds. The summed E-state index contributed by atoms with van der Waals surface area (Å²) in [5.74, 6) is -0.136. The maximum absolute atomic E-state index is 12.2. The fourth-order valence-electron chi connectivity index (χ4n) is 2.38. The molecule has 1 aromatic heterocycles. The van der Waals surface area contributed by atoms with Crippen molar-refractivity contribution in [3.63, 3.8) is 0 Å². The van der Waals surface area contributed by atoms with Gasteiger partial charge in [-0.15, -0.1) is 0 Å². The summed E-state index contributed by atoms with van der Waals surface area (Å²) in [5.41, 5.74) is 3.87. The molecule has 0 saturated carbocycles. The highest BCUT2D eigenvalue weighted by molar-refractivity contribution is 5.95. The normalized spacial score (nSPS) is 12.2. The monoisotopic (exact) mass is 286 g/mol. The summed E-state index contributed by atoms with van der Waals surface area (Å²) in [4.78, 5) is 12.2. The van der Waals surface area contributed by atoms with Crippen molar-refractivity contribution < 1.29 is 9.90 Å². The molecule has 21 heavy (non-hydrogen) atoms. The second-order valence-corrected chi connectivity index (χ2v) is 5.42. The van der Waals surface area contributed by atoms with Crippen molar-refractivity contribution in [3.8, 4) is 0 Å². The molecular formula is C17H22N2O2. The van der Waals surface area contributed by atoms with Crippen LogP contribution in [0.25, 0.3) is 0 Å². The molecule has 0 aliphatic rings. The molecular weight excluding hydrogens is 264 g/mol. The summed E-state index contributed by atoms with van der Waals surface area (Å²) in [5, 5.41) is 12.0. The van der Waals surface area contributed by atoms with E-state index >= 15 is 0 Å². The van der Waals surface area contributed by atoms with Crippen molar-refractivity contribution in [1.82, 2.24) is 9.88 Å². The molecule has 0 spiro atoms. The van der Waals surface area contributed by atoms with E-state index in [9.17, 15) is 9.90 Å². The maximum atomic E-state index is 12.2. The van der Waals surface area contributed by atoms with Gasteiger partial charge in [-0.25, -0.2) is 0 Å². The molecule has 4 heteroatoms. The van der Waals surface area contributed by atoms with Crippen LogP contribution in [0.5, 0.6) is 0 Å². The van der Waals surface area contributed by atoms with Crippen LogP contribution in [0.1, 0.15) is 34.2 Å². The summed E-state index contributed by atoms with van der Waals surface area (Å²) < 4.78 is 2.13. The average molecular weight is 286 g/mol. The molecule has 0 saturated heterocycles. The Morgan fingerprint density at radius 3 is 2.57 bits per heavy atom. The van der Waals surface area contributed by atoms with Gasteiger partial charge >= 0.3 is 0 Å². The Balaban J connectivity index is 2.19. The minimum Gasteiger partial charge on any atom is -0.392 e. The quantitative estimate of drug-likeness (QED) is 0.886. The topological polar surface area (TPSA) is 54.3 Å². The van der Waals surface area contributed by atoms with Gasteiger partial charge in [0.05, 0.1) is 11.7 Å². The van der Waals surface area contributed by atoms with Gasteiger partial charge in [0.1, 0.15) is 0 Å². The van der Waals surface area contributed by atoms with Gasteiger partial charge in [-0.3, -0.25) is 4.79 Å². The molecule has 1 atom stereocenters. The fraction of sp³-hybridized carbons (Fsp3) is 0.353. The summed E-state index contributed by atoms with van der Waals surface area (Å²) in [6, 6.07) is 12.1.